The summed E-state index contributed by atoms with van der Waals surface area (Å²) in [7, 11) is 1.66. The Balaban J connectivity index is 2.24. The van der Waals surface area contributed by atoms with Gasteiger partial charge in [0.25, 0.3) is 5.56 Å². The quantitative estimate of drug-likeness (QED) is 0.837. The molecule has 0 spiro atoms. The summed E-state index contributed by atoms with van der Waals surface area (Å²) >= 11 is 0. The molecule has 0 saturated heterocycles. The zero-order chi connectivity index (χ0) is 12.3. The fourth-order valence-corrected chi connectivity index (χ4v) is 2.59. The monoisotopic (exact) mass is 237 g/mol. The van der Waals surface area contributed by atoms with Crippen molar-refractivity contribution >= 4 is 5.82 Å². The van der Waals surface area contributed by atoms with Gasteiger partial charge in [0, 0.05) is 13.2 Å². The SMILES string of the molecule is COC(c1nc(N)cc(=O)[nH]1)C1CCCCC1. The lowest BCUT2D eigenvalue weighted by Crippen LogP contribution is -2.23. The number of hydrogen-bond donors (Lipinski definition) is 2. The molecule has 3 N–H and O–H groups in total. The molecular formula is C12H19N3O2. The molecular weight excluding hydrogens is 218 g/mol. The van der Waals surface area contributed by atoms with E-state index in [2.05, 4.69) is 9.97 Å². The molecule has 1 saturated carbocycles. The molecule has 1 aliphatic carbocycles. The van der Waals surface area contributed by atoms with Gasteiger partial charge in [0.2, 0.25) is 0 Å². The van der Waals surface area contributed by atoms with Gasteiger partial charge in [0.1, 0.15) is 17.7 Å². The number of rotatable bonds is 3. The van der Waals surface area contributed by atoms with Crippen LogP contribution < -0.4 is 11.3 Å². The molecule has 1 fully saturated rings. The number of nitrogens with zero attached hydrogens (tertiary/aromatic N) is 1. The molecule has 1 heterocycles. The molecule has 17 heavy (non-hydrogen) atoms. The lowest BCUT2D eigenvalue weighted by molar-refractivity contribution is 0.0288. The van der Waals surface area contributed by atoms with Crippen molar-refractivity contribution in [2.75, 3.05) is 12.8 Å². The van der Waals surface area contributed by atoms with Gasteiger partial charge in [0.15, 0.2) is 0 Å². The second kappa shape index (κ2) is 5.31. The molecule has 94 valence electrons. The summed E-state index contributed by atoms with van der Waals surface area (Å²) in [6.45, 7) is 0. The number of nitrogens with one attached hydrogen (secondary N) is 1. The lowest BCUT2D eigenvalue weighted by Gasteiger charge is -2.28. The first-order chi connectivity index (χ1) is 8.20. The van der Waals surface area contributed by atoms with E-state index in [1.54, 1.807) is 7.11 Å². The fraction of sp³-hybridized carbons (Fsp3) is 0.667. The van der Waals surface area contributed by atoms with Crippen LogP contribution in [-0.2, 0) is 4.74 Å². The number of hydrogen-bond acceptors (Lipinski definition) is 4. The Kier molecular flexibility index (Phi) is 3.78. The molecule has 0 radical (unpaired) electrons. The van der Waals surface area contributed by atoms with Gasteiger partial charge < -0.3 is 15.5 Å². The van der Waals surface area contributed by atoms with E-state index in [-0.39, 0.29) is 17.5 Å². The van der Waals surface area contributed by atoms with Crippen LogP contribution in [0.5, 0.6) is 0 Å². The lowest BCUT2D eigenvalue weighted by atomic mass is 9.85. The maximum atomic E-state index is 11.4. The average Bonchev–Trinajstić information content (AvgIpc) is 2.30. The molecule has 5 heteroatoms. The van der Waals surface area contributed by atoms with Crippen molar-refractivity contribution in [2.45, 2.75) is 38.2 Å². The first kappa shape index (κ1) is 12.1. The topological polar surface area (TPSA) is 81.0 Å². The molecule has 1 aromatic heterocycles. The summed E-state index contributed by atoms with van der Waals surface area (Å²) in [5, 5.41) is 0. The highest BCUT2D eigenvalue weighted by Gasteiger charge is 2.26. The standard InChI is InChI=1S/C12H19N3O2/c1-17-11(8-5-3-2-4-6-8)12-14-9(13)7-10(16)15-12/h7-8,11H,2-6H2,1H3,(H3,13,14,15,16). The number of aromatic amines is 1. The van der Waals surface area contributed by atoms with Crippen molar-refractivity contribution < 1.29 is 4.74 Å². The largest absolute Gasteiger partial charge is 0.383 e. The zero-order valence-corrected chi connectivity index (χ0v) is 10.1. The van der Waals surface area contributed by atoms with Gasteiger partial charge in [0.05, 0.1) is 0 Å². The number of aromatic nitrogens is 2. The van der Waals surface area contributed by atoms with Crippen LogP contribution in [-0.4, -0.2) is 17.1 Å². The third-order valence-electron chi connectivity index (χ3n) is 3.38. The van der Waals surface area contributed by atoms with Crippen LogP contribution in [0, 0.1) is 5.92 Å². The minimum Gasteiger partial charge on any atom is -0.383 e. The number of anilines is 1. The van der Waals surface area contributed by atoms with E-state index in [9.17, 15) is 4.79 Å². The molecule has 5 nitrogen and oxygen atoms in total. The molecule has 1 aromatic rings. The van der Waals surface area contributed by atoms with Gasteiger partial charge in [-0.1, -0.05) is 19.3 Å². The third-order valence-corrected chi connectivity index (χ3v) is 3.38. The number of methoxy groups -OCH3 is 1. The van der Waals surface area contributed by atoms with E-state index < -0.39 is 0 Å². The molecule has 1 unspecified atom stereocenters. The van der Waals surface area contributed by atoms with Crippen molar-refractivity contribution in [2.24, 2.45) is 5.92 Å². The molecule has 1 atom stereocenters. The van der Waals surface area contributed by atoms with Gasteiger partial charge in [-0.2, -0.15) is 0 Å². The van der Waals surface area contributed by atoms with E-state index in [1.165, 1.54) is 25.3 Å². The van der Waals surface area contributed by atoms with E-state index in [1.807, 2.05) is 0 Å². The van der Waals surface area contributed by atoms with Crippen molar-refractivity contribution in [1.29, 1.82) is 0 Å². The first-order valence-corrected chi connectivity index (χ1v) is 6.10. The van der Waals surface area contributed by atoms with Gasteiger partial charge >= 0.3 is 0 Å². The first-order valence-electron chi connectivity index (χ1n) is 6.10. The molecule has 2 rings (SSSR count). The molecule has 0 amide bonds. The Bertz CT molecular complexity index is 424. The third kappa shape index (κ3) is 2.85. The smallest absolute Gasteiger partial charge is 0.253 e. The maximum absolute atomic E-state index is 11.4. The highest BCUT2D eigenvalue weighted by molar-refractivity contribution is 5.25. The van der Waals surface area contributed by atoms with Gasteiger partial charge in [-0.3, -0.25) is 4.79 Å². The Labute approximate surface area is 100 Å². The summed E-state index contributed by atoms with van der Waals surface area (Å²) in [6.07, 6.45) is 5.82. The highest BCUT2D eigenvalue weighted by Crippen LogP contribution is 2.34. The van der Waals surface area contributed by atoms with Gasteiger partial charge in [-0.15, -0.1) is 0 Å². The zero-order valence-electron chi connectivity index (χ0n) is 10.1. The Morgan fingerprint density at radius 2 is 2.18 bits per heavy atom. The van der Waals surface area contributed by atoms with Crippen LogP contribution in [0.1, 0.15) is 44.0 Å². The predicted octanol–water partition coefficient (Wildman–Crippen LogP) is 1.62. The Morgan fingerprint density at radius 1 is 1.47 bits per heavy atom. The van der Waals surface area contributed by atoms with E-state index in [4.69, 9.17) is 10.5 Å². The van der Waals surface area contributed by atoms with E-state index in [0.29, 0.717) is 11.7 Å². The fourth-order valence-electron chi connectivity index (χ4n) is 2.59. The summed E-state index contributed by atoms with van der Waals surface area (Å²) in [6, 6.07) is 1.29. The second-order valence-electron chi connectivity index (χ2n) is 4.61. The van der Waals surface area contributed by atoms with Gasteiger partial charge in [-0.05, 0) is 18.8 Å². The minimum absolute atomic E-state index is 0.147. The van der Waals surface area contributed by atoms with Crippen LogP contribution in [0.4, 0.5) is 5.82 Å². The molecule has 0 aliphatic heterocycles. The number of nitrogens with two attached hydrogens (primary N) is 1. The summed E-state index contributed by atoms with van der Waals surface area (Å²) in [5.41, 5.74) is 5.38. The number of nitrogen functional groups attached to an aromatic ring is 1. The molecule has 0 aromatic carbocycles. The molecule has 1 aliphatic rings. The average molecular weight is 237 g/mol. The van der Waals surface area contributed by atoms with Crippen LogP contribution in [0.2, 0.25) is 0 Å². The van der Waals surface area contributed by atoms with Gasteiger partial charge in [-0.25, -0.2) is 4.98 Å². The van der Waals surface area contributed by atoms with Crippen LogP contribution in [0.25, 0.3) is 0 Å². The Hall–Kier alpha value is -1.36. The normalized spacial score (nSPS) is 19.1. The number of H-pyrrole nitrogens is 1. The summed E-state index contributed by atoms with van der Waals surface area (Å²) < 4.78 is 5.50. The minimum atomic E-state index is -0.217. The number of ether oxygens (including phenoxy) is 1. The van der Waals surface area contributed by atoms with Crippen LogP contribution in [0.3, 0.4) is 0 Å². The van der Waals surface area contributed by atoms with Crippen molar-refractivity contribution in [3.8, 4) is 0 Å². The van der Waals surface area contributed by atoms with Crippen molar-refractivity contribution in [3.05, 3.63) is 22.2 Å². The van der Waals surface area contributed by atoms with Crippen molar-refractivity contribution in [3.63, 3.8) is 0 Å². The van der Waals surface area contributed by atoms with Crippen LogP contribution >= 0.6 is 0 Å². The Morgan fingerprint density at radius 3 is 2.76 bits per heavy atom. The van der Waals surface area contributed by atoms with E-state index in [0.717, 1.165) is 12.8 Å². The summed E-state index contributed by atoms with van der Waals surface area (Å²) in [4.78, 5) is 18.3. The van der Waals surface area contributed by atoms with E-state index >= 15 is 0 Å². The van der Waals surface area contributed by atoms with Crippen molar-refractivity contribution in [1.82, 2.24) is 9.97 Å². The van der Waals surface area contributed by atoms with Crippen LogP contribution in [0.15, 0.2) is 10.9 Å². The highest BCUT2D eigenvalue weighted by atomic mass is 16.5. The second-order valence-corrected chi connectivity index (χ2v) is 4.61. The predicted molar refractivity (Wildman–Crippen MR) is 65.6 cm³/mol. The summed E-state index contributed by atoms with van der Waals surface area (Å²) in [5.74, 6) is 1.24. The molecule has 0 bridgehead atoms. The maximum Gasteiger partial charge on any atom is 0.253 e.